The van der Waals surface area contributed by atoms with Crippen molar-refractivity contribution in [2.75, 3.05) is 18.2 Å². The van der Waals surface area contributed by atoms with Gasteiger partial charge in [0, 0.05) is 29.5 Å². The summed E-state index contributed by atoms with van der Waals surface area (Å²) >= 11 is 6.10. The second-order valence-corrected chi connectivity index (χ2v) is 9.00. The van der Waals surface area contributed by atoms with E-state index in [0.717, 1.165) is 6.26 Å². The van der Waals surface area contributed by atoms with E-state index in [2.05, 4.69) is 4.99 Å². The minimum Gasteiger partial charge on any atom is -0.312 e. The Hall–Kier alpha value is -2.25. The zero-order valence-corrected chi connectivity index (χ0v) is 15.9. The van der Waals surface area contributed by atoms with Crippen molar-refractivity contribution in [3.63, 3.8) is 0 Å². The maximum atomic E-state index is 14.5. The molecule has 1 unspecified atom stereocenters. The fraction of sp³-hybridized carbons (Fsp3) is 0.222. The van der Waals surface area contributed by atoms with Gasteiger partial charge in [0.1, 0.15) is 5.82 Å². The van der Waals surface area contributed by atoms with E-state index in [4.69, 9.17) is 11.6 Å². The molecule has 0 saturated carbocycles. The van der Waals surface area contributed by atoms with Gasteiger partial charge in [-0.15, -0.1) is 0 Å². The normalized spacial score (nSPS) is 20.4. The van der Waals surface area contributed by atoms with Crippen LogP contribution in [0, 0.1) is 5.82 Å². The maximum absolute atomic E-state index is 14.5. The first-order valence-corrected chi connectivity index (χ1v) is 9.95. The minimum absolute atomic E-state index is 0.0613. The molecule has 136 valence electrons. The van der Waals surface area contributed by atoms with E-state index in [1.807, 2.05) is 0 Å². The third kappa shape index (κ3) is 2.81. The standard InChI is InChI=1S/C18H16ClFN2O3S/c1-18(26(3,24)25)17(23)22(2)15-9-8-11(19)10-13(15)16(21-18)12-6-4-5-7-14(12)20/h4-10H,1-3H3. The van der Waals surface area contributed by atoms with Crippen LogP contribution in [0.25, 0.3) is 0 Å². The molecule has 26 heavy (non-hydrogen) atoms. The van der Waals surface area contributed by atoms with Crippen molar-refractivity contribution in [1.29, 1.82) is 0 Å². The summed E-state index contributed by atoms with van der Waals surface area (Å²) in [7, 11) is -2.49. The topological polar surface area (TPSA) is 66.8 Å². The van der Waals surface area contributed by atoms with Gasteiger partial charge in [-0.3, -0.25) is 9.79 Å². The van der Waals surface area contributed by atoms with Crippen LogP contribution in [0.4, 0.5) is 10.1 Å². The zero-order valence-electron chi connectivity index (χ0n) is 14.3. The lowest BCUT2D eigenvalue weighted by Gasteiger charge is -2.26. The van der Waals surface area contributed by atoms with Crippen molar-refractivity contribution in [3.05, 3.63) is 64.4 Å². The molecule has 1 aliphatic rings. The number of hydrogen-bond donors (Lipinski definition) is 0. The van der Waals surface area contributed by atoms with Crippen LogP contribution in [0.5, 0.6) is 0 Å². The van der Waals surface area contributed by atoms with Crippen LogP contribution in [0.1, 0.15) is 18.1 Å². The number of aliphatic imine (C=N–C) groups is 1. The molecule has 3 rings (SSSR count). The van der Waals surface area contributed by atoms with Gasteiger partial charge in [-0.25, -0.2) is 12.8 Å². The maximum Gasteiger partial charge on any atom is 0.270 e. The van der Waals surface area contributed by atoms with Crippen LogP contribution in [0.3, 0.4) is 0 Å². The Morgan fingerprint density at radius 1 is 1.15 bits per heavy atom. The molecule has 0 bridgehead atoms. The second kappa shape index (κ2) is 6.17. The number of amides is 1. The smallest absolute Gasteiger partial charge is 0.270 e. The molecule has 0 fully saturated rings. The first-order valence-electron chi connectivity index (χ1n) is 7.68. The predicted octanol–water partition coefficient (Wildman–Crippen LogP) is 3.05. The molecule has 1 heterocycles. The van der Waals surface area contributed by atoms with Crippen molar-refractivity contribution in [1.82, 2.24) is 0 Å². The van der Waals surface area contributed by atoms with Gasteiger partial charge in [-0.2, -0.15) is 0 Å². The Kier molecular flexibility index (Phi) is 4.40. The summed E-state index contributed by atoms with van der Waals surface area (Å²) in [5.41, 5.74) is 0.930. The van der Waals surface area contributed by atoms with Gasteiger partial charge in [-0.05, 0) is 37.3 Å². The highest BCUT2D eigenvalue weighted by Gasteiger charge is 2.48. The van der Waals surface area contributed by atoms with Gasteiger partial charge in [0.2, 0.25) is 4.87 Å². The van der Waals surface area contributed by atoms with Gasteiger partial charge >= 0.3 is 0 Å². The summed E-state index contributed by atoms with van der Waals surface area (Å²) in [6, 6.07) is 10.6. The Labute approximate surface area is 156 Å². The van der Waals surface area contributed by atoms with E-state index in [0.29, 0.717) is 16.3 Å². The molecule has 0 aromatic heterocycles. The van der Waals surface area contributed by atoms with Crippen LogP contribution in [0.15, 0.2) is 47.5 Å². The van der Waals surface area contributed by atoms with Crippen molar-refractivity contribution in [2.45, 2.75) is 11.8 Å². The number of hydrogen-bond acceptors (Lipinski definition) is 4. The fourth-order valence-electron chi connectivity index (χ4n) is 2.83. The lowest BCUT2D eigenvalue weighted by Crippen LogP contribution is -2.49. The number of carbonyl (C=O) groups is 1. The van der Waals surface area contributed by atoms with Crippen LogP contribution in [0.2, 0.25) is 5.02 Å². The average molecular weight is 395 g/mol. The summed E-state index contributed by atoms with van der Waals surface area (Å²) in [5.74, 6) is -1.31. The molecule has 1 amide bonds. The Balaban J connectivity index is 2.45. The average Bonchev–Trinajstić information content (AvgIpc) is 2.65. The van der Waals surface area contributed by atoms with E-state index in [-0.39, 0.29) is 11.3 Å². The molecule has 1 atom stereocenters. The molecule has 0 aliphatic carbocycles. The largest absolute Gasteiger partial charge is 0.312 e. The third-order valence-corrected chi connectivity index (χ3v) is 6.40. The van der Waals surface area contributed by atoms with Crippen molar-refractivity contribution in [3.8, 4) is 0 Å². The predicted molar refractivity (Wildman–Crippen MR) is 100 cm³/mol. The number of halogens is 2. The highest BCUT2D eigenvalue weighted by molar-refractivity contribution is 7.92. The summed E-state index contributed by atoms with van der Waals surface area (Å²) in [6.45, 7) is 1.22. The fourth-order valence-corrected chi connectivity index (χ4v) is 3.72. The summed E-state index contributed by atoms with van der Waals surface area (Å²) < 4.78 is 39.3. The number of fused-ring (bicyclic) bond motifs is 1. The minimum atomic E-state index is -3.95. The molecule has 2 aromatic carbocycles. The van der Waals surface area contributed by atoms with E-state index in [1.165, 1.54) is 37.1 Å². The lowest BCUT2D eigenvalue weighted by molar-refractivity contribution is -0.120. The molecule has 0 saturated heterocycles. The summed E-state index contributed by atoms with van der Waals surface area (Å²) in [4.78, 5) is 16.3. The molecular weight excluding hydrogens is 379 g/mol. The van der Waals surface area contributed by atoms with E-state index in [1.54, 1.807) is 24.3 Å². The number of sulfone groups is 1. The van der Waals surface area contributed by atoms with Crippen molar-refractivity contribution >= 4 is 38.7 Å². The van der Waals surface area contributed by atoms with Gasteiger partial charge in [-0.1, -0.05) is 23.7 Å². The number of rotatable bonds is 2. The highest BCUT2D eigenvalue weighted by atomic mass is 35.5. The van der Waals surface area contributed by atoms with Crippen LogP contribution in [-0.4, -0.2) is 38.2 Å². The Morgan fingerprint density at radius 2 is 1.81 bits per heavy atom. The van der Waals surface area contributed by atoms with E-state index in [9.17, 15) is 17.6 Å². The summed E-state index contributed by atoms with van der Waals surface area (Å²) in [5, 5.41) is 0.358. The van der Waals surface area contributed by atoms with Gasteiger partial charge in [0.05, 0.1) is 11.4 Å². The molecule has 8 heteroatoms. The zero-order chi connectivity index (χ0) is 19.3. The van der Waals surface area contributed by atoms with Crippen molar-refractivity contribution in [2.24, 2.45) is 4.99 Å². The Morgan fingerprint density at radius 3 is 2.42 bits per heavy atom. The first-order chi connectivity index (χ1) is 12.1. The molecular formula is C18H16ClFN2O3S. The van der Waals surface area contributed by atoms with E-state index >= 15 is 0 Å². The molecule has 0 N–H and O–H groups in total. The van der Waals surface area contributed by atoms with E-state index < -0.39 is 26.4 Å². The van der Waals surface area contributed by atoms with Crippen molar-refractivity contribution < 1.29 is 17.6 Å². The number of benzodiazepines with no additional fused rings is 1. The molecule has 2 aromatic rings. The molecule has 0 spiro atoms. The monoisotopic (exact) mass is 394 g/mol. The SMILES string of the molecule is CN1C(=O)C(C)(S(C)(=O)=O)N=C(c2ccccc2F)c2cc(Cl)ccc21. The third-order valence-electron chi connectivity index (χ3n) is 4.45. The molecule has 5 nitrogen and oxygen atoms in total. The number of carbonyl (C=O) groups excluding carboxylic acids is 1. The van der Waals surface area contributed by atoms with Gasteiger partial charge in [0.15, 0.2) is 9.84 Å². The van der Waals surface area contributed by atoms with Gasteiger partial charge in [0.25, 0.3) is 5.91 Å². The Bertz CT molecular complexity index is 1050. The highest BCUT2D eigenvalue weighted by Crippen LogP contribution is 2.35. The van der Waals surface area contributed by atoms with Gasteiger partial charge < -0.3 is 4.90 Å². The first kappa shape index (κ1) is 18.5. The lowest BCUT2D eigenvalue weighted by atomic mass is 10.00. The van der Waals surface area contributed by atoms with Crippen LogP contribution in [-0.2, 0) is 14.6 Å². The summed E-state index contributed by atoms with van der Waals surface area (Å²) in [6.07, 6.45) is 0.935. The number of likely N-dealkylation sites (N-methyl/N-ethyl adjacent to an activating group) is 1. The quantitative estimate of drug-likeness (QED) is 0.786. The molecule has 0 radical (unpaired) electrons. The second-order valence-electron chi connectivity index (χ2n) is 6.22. The number of anilines is 1. The van der Waals surface area contributed by atoms with Crippen LogP contribution >= 0.6 is 11.6 Å². The van der Waals surface area contributed by atoms with Crippen LogP contribution < -0.4 is 4.90 Å². The number of benzene rings is 2. The molecule has 1 aliphatic heterocycles. The number of nitrogens with zero attached hydrogens (tertiary/aromatic N) is 2.